The number of rotatable bonds is 2. The van der Waals surface area contributed by atoms with Gasteiger partial charge in [-0.1, -0.05) is 13.8 Å². The van der Waals surface area contributed by atoms with E-state index in [2.05, 4.69) is 18.8 Å². The van der Waals surface area contributed by atoms with E-state index in [1.54, 1.807) is 11.3 Å². The Kier molecular flexibility index (Phi) is 1.57. The molecule has 1 saturated carbocycles. The fourth-order valence-corrected chi connectivity index (χ4v) is 3.00. The van der Waals surface area contributed by atoms with E-state index in [-0.39, 0.29) is 5.41 Å². The molecule has 2 N–H and O–H groups in total. The molecule has 1 heterocycles. The molecule has 0 radical (unpaired) electrons. The third kappa shape index (κ3) is 0.866. The van der Waals surface area contributed by atoms with E-state index in [0.29, 0.717) is 5.41 Å². The Balaban J connectivity index is 2.34. The van der Waals surface area contributed by atoms with Crippen molar-refractivity contribution in [3.63, 3.8) is 0 Å². The highest BCUT2D eigenvalue weighted by molar-refractivity contribution is 7.09. The van der Waals surface area contributed by atoms with Crippen LogP contribution in [0.1, 0.15) is 25.3 Å². The fourth-order valence-electron chi connectivity index (χ4n) is 1.97. The lowest BCUT2D eigenvalue weighted by molar-refractivity contribution is 0.501. The van der Waals surface area contributed by atoms with Crippen molar-refractivity contribution in [1.29, 1.82) is 0 Å². The molecule has 0 saturated heterocycles. The van der Waals surface area contributed by atoms with Gasteiger partial charge in [-0.3, -0.25) is 0 Å². The van der Waals surface area contributed by atoms with Crippen LogP contribution < -0.4 is 5.73 Å². The summed E-state index contributed by atoms with van der Waals surface area (Å²) in [5, 5.41) is 3.25. The van der Waals surface area contributed by atoms with Crippen LogP contribution in [0.5, 0.6) is 0 Å². The molecule has 1 unspecified atom stereocenters. The molecule has 3 heteroatoms. The minimum absolute atomic E-state index is 0.196. The molecule has 0 spiro atoms. The maximum absolute atomic E-state index is 5.80. The lowest BCUT2D eigenvalue weighted by atomic mass is 9.97. The molecule has 1 atom stereocenters. The average Bonchev–Trinajstić information content (AvgIpc) is 2.52. The standard InChI is InChI=1S/C9H14N2S/c1-8(2)5-9(8,6-10)7-11-3-4-12-7/h3-4H,5-6,10H2,1-2H3. The summed E-state index contributed by atoms with van der Waals surface area (Å²) in [5.74, 6) is 0. The Morgan fingerprint density at radius 3 is 2.67 bits per heavy atom. The predicted molar refractivity (Wildman–Crippen MR) is 51.2 cm³/mol. The van der Waals surface area contributed by atoms with Crippen molar-refractivity contribution in [2.45, 2.75) is 25.7 Å². The van der Waals surface area contributed by atoms with Crippen molar-refractivity contribution >= 4 is 11.3 Å². The topological polar surface area (TPSA) is 38.9 Å². The maximum atomic E-state index is 5.80. The summed E-state index contributed by atoms with van der Waals surface area (Å²) in [5.41, 5.74) is 6.36. The quantitative estimate of drug-likeness (QED) is 0.757. The Hall–Kier alpha value is -0.410. The summed E-state index contributed by atoms with van der Waals surface area (Å²) in [6, 6.07) is 0. The Bertz CT molecular complexity index is 279. The number of thiazole rings is 1. The fraction of sp³-hybridized carbons (Fsp3) is 0.667. The lowest BCUT2D eigenvalue weighted by Gasteiger charge is -2.14. The van der Waals surface area contributed by atoms with E-state index < -0.39 is 0 Å². The van der Waals surface area contributed by atoms with Gasteiger partial charge in [-0.15, -0.1) is 11.3 Å². The molecule has 1 fully saturated rings. The third-order valence-corrected chi connectivity index (χ3v) is 4.08. The van der Waals surface area contributed by atoms with Gasteiger partial charge in [0.15, 0.2) is 0 Å². The van der Waals surface area contributed by atoms with E-state index >= 15 is 0 Å². The Morgan fingerprint density at radius 2 is 2.33 bits per heavy atom. The number of hydrogen-bond donors (Lipinski definition) is 1. The van der Waals surface area contributed by atoms with E-state index in [1.165, 1.54) is 11.4 Å². The second-order valence-corrected chi connectivity index (χ2v) is 5.08. The van der Waals surface area contributed by atoms with Crippen LogP contribution in [0.3, 0.4) is 0 Å². The van der Waals surface area contributed by atoms with Gasteiger partial charge in [0.2, 0.25) is 0 Å². The van der Waals surface area contributed by atoms with Crippen molar-refractivity contribution in [3.8, 4) is 0 Å². The van der Waals surface area contributed by atoms with E-state index in [0.717, 1.165) is 6.54 Å². The largest absolute Gasteiger partial charge is 0.329 e. The predicted octanol–water partition coefficient (Wildman–Crippen LogP) is 1.77. The summed E-state index contributed by atoms with van der Waals surface area (Å²) >= 11 is 1.73. The van der Waals surface area contributed by atoms with E-state index in [9.17, 15) is 0 Å². The first-order valence-electron chi connectivity index (χ1n) is 4.22. The highest BCUT2D eigenvalue weighted by Gasteiger charge is 2.62. The first-order valence-corrected chi connectivity index (χ1v) is 5.10. The number of aromatic nitrogens is 1. The van der Waals surface area contributed by atoms with Gasteiger partial charge in [-0.2, -0.15) is 0 Å². The zero-order chi connectivity index (χ0) is 8.82. The summed E-state index contributed by atoms with van der Waals surface area (Å²) in [4.78, 5) is 4.36. The minimum Gasteiger partial charge on any atom is -0.329 e. The summed E-state index contributed by atoms with van der Waals surface area (Å²) in [6.45, 7) is 5.26. The Morgan fingerprint density at radius 1 is 1.67 bits per heavy atom. The first kappa shape index (κ1) is 8.20. The zero-order valence-electron chi connectivity index (χ0n) is 7.50. The second-order valence-electron chi connectivity index (χ2n) is 4.18. The zero-order valence-corrected chi connectivity index (χ0v) is 8.32. The molecule has 0 amide bonds. The van der Waals surface area contributed by atoms with Gasteiger partial charge in [0, 0.05) is 23.5 Å². The molecule has 66 valence electrons. The monoisotopic (exact) mass is 182 g/mol. The lowest BCUT2D eigenvalue weighted by Crippen LogP contribution is -2.24. The van der Waals surface area contributed by atoms with Crippen molar-refractivity contribution in [1.82, 2.24) is 4.98 Å². The van der Waals surface area contributed by atoms with Gasteiger partial charge in [0.05, 0.1) is 0 Å². The van der Waals surface area contributed by atoms with Gasteiger partial charge in [-0.05, 0) is 11.8 Å². The molecular formula is C9H14N2S. The Labute approximate surface area is 76.8 Å². The number of hydrogen-bond acceptors (Lipinski definition) is 3. The molecule has 0 aliphatic heterocycles. The molecule has 0 aromatic carbocycles. The second kappa shape index (κ2) is 2.30. The van der Waals surface area contributed by atoms with Crippen LogP contribution in [0.25, 0.3) is 0 Å². The van der Waals surface area contributed by atoms with Crippen LogP contribution in [0.4, 0.5) is 0 Å². The molecular weight excluding hydrogens is 168 g/mol. The highest BCUT2D eigenvalue weighted by Crippen LogP contribution is 2.63. The van der Waals surface area contributed by atoms with Crippen molar-refractivity contribution in [2.75, 3.05) is 6.54 Å². The van der Waals surface area contributed by atoms with Gasteiger partial charge in [0.25, 0.3) is 0 Å². The van der Waals surface area contributed by atoms with Crippen LogP contribution in [-0.4, -0.2) is 11.5 Å². The van der Waals surface area contributed by atoms with Gasteiger partial charge in [0.1, 0.15) is 5.01 Å². The average molecular weight is 182 g/mol. The van der Waals surface area contributed by atoms with Gasteiger partial charge < -0.3 is 5.73 Å². The van der Waals surface area contributed by atoms with Crippen LogP contribution in [0.15, 0.2) is 11.6 Å². The maximum Gasteiger partial charge on any atom is 0.100 e. The molecule has 1 aromatic rings. The summed E-state index contributed by atoms with van der Waals surface area (Å²) < 4.78 is 0. The van der Waals surface area contributed by atoms with Crippen molar-refractivity contribution in [3.05, 3.63) is 16.6 Å². The van der Waals surface area contributed by atoms with Gasteiger partial charge >= 0.3 is 0 Å². The summed E-state index contributed by atoms with van der Waals surface area (Å²) in [7, 11) is 0. The smallest absolute Gasteiger partial charge is 0.100 e. The molecule has 2 nitrogen and oxygen atoms in total. The summed E-state index contributed by atoms with van der Waals surface area (Å²) in [6.07, 6.45) is 3.05. The molecule has 1 aliphatic carbocycles. The number of nitrogens with two attached hydrogens (primary N) is 1. The van der Waals surface area contributed by atoms with E-state index in [4.69, 9.17) is 5.73 Å². The SMILES string of the molecule is CC1(C)CC1(CN)c1nccs1. The number of nitrogens with zero attached hydrogens (tertiary/aromatic N) is 1. The normalized spacial score (nSPS) is 31.9. The first-order chi connectivity index (χ1) is 5.62. The molecule has 12 heavy (non-hydrogen) atoms. The van der Waals surface area contributed by atoms with Gasteiger partial charge in [-0.25, -0.2) is 4.98 Å². The van der Waals surface area contributed by atoms with Crippen LogP contribution in [0.2, 0.25) is 0 Å². The van der Waals surface area contributed by atoms with Crippen LogP contribution in [-0.2, 0) is 5.41 Å². The van der Waals surface area contributed by atoms with Crippen molar-refractivity contribution in [2.24, 2.45) is 11.1 Å². The van der Waals surface area contributed by atoms with E-state index in [1.807, 2.05) is 11.6 Å². The molecule has 2 rings (SSSR count). The third-order valence-electron chi connectivity index (χ3n) is 3.10. The minimum atomic E-state index is 0.196. The van der Waals surface area contributed by atoms with Crippen molar-refractivity contribution < 1.29 is 0 Å². The van der Waals surface area contributed by atoms with Crippen LogP contribution >= 0.6 is 11.3 Å². The molecule has 1 aromatic heterocycles. The molecule has 0 bridgehead atoms. The highest BCUT2D eigenvalue weighted by atomic mass is 32.1. The molecule has 1 aliphatic rings. The van der Waals surface area contributed by atoms with Crippen LogP contribution in [0, 0.1) is 5.41 Å².